The standard InChI is InChI=1S/C23H25N3O3.C21H21N3O6.C8H9N.CH4/c24-21(27)18-6-2-4-8-20(18)29-17-13-23(14-17)11-16(12-23)25-22(28)26-10-9-15-5-1-3-7-19(15)26;22-19(25)17-3-1-2-4-18(17)29-16-11-21(12-16)9-13(10-21)23-20(26)30-15-7-5-14(6-8-15)24(27)28;1-2-4-8-7(3-1)5-6-9-8;/h1-8,16-17H,9-14H2,(H2,24,27)(H,25,28);1-8,13,16H,9-12H2,(H2,22,25)(H,23,26);1-4,9H,5-6H2;1H4. The fraction of sp³-hybridized carbons (Fsp3) is 0.358. The molecule has 2 aliphatic heterocycles. The van der Waals surface area contributed by atoms with Crippen molar-refractivity contribution >= 4 is 41.0 Å². The number of hydrogen-bond acceptors (Lipinski definition) is 10. The number of nitro benzene ring substituents is 1. The van der Waals surface area contributed by atoms with Crippen molar-refractivity contribution in [1.82, 2.24) is 10.6 Å². The van der Waals surface area contributed by atoms with Gasteiger partial charge in [0.2, 0.25) is 0 Å². The largest absolute Gasteiger partial charge is 0.490 e. The van der Waals surface area contributed by atoms with Crippen molar-refractivity contribution in [3.05, 3.63) is 154 Å². The van der Waals surface area contributed by atoms with Gasteiger partial charge in [-0.3, -0.25) is 24.6 Å². The van der Waals surface area contributed by atoms with Crippen LogP contribution in [-0.2, 0) is 12.8 Å². The van der Waals surface area contributed by atoms with Gasteiger partial charge in [0.1, 0.15) is 17.2 Å². The van der Waals surface area contributed by atoms with Crippen LogP contribution in [0.25, 0.3) is 0 Å². The van der Waals surface area contributed by atoms with Gasteiger partial charge in [0.05, 0.1) is 28.3 Å². The number of non-ortho nitro benzene ring substituents is 1. The van der Waals surface area contributed by atoms with E-state index in [1.807, 2.05) is 29.2 Å². The molecule has 6 aliphatic rings. The predicted molar refractivity (Wildman–Crippen MR) is 262 cm³/mol. The van der Waals surface area contributed by atoms with Crippen molar-refractivity contribution in [1.29, 1.82) is 0 Å². The highest BCUT2D eigenvalue weighted by atomic mass is 16.6. The van der Waals surface area contributed by atoms with Gasteiger partial charge < -0.3 is 41.6 Å². The first kappa shape index (κ1) is 47.9. The molecular formula is C53H59N7O9. The van der Waals surface area contributed by atoms with Crippen LogP contribution in [-0.4, -0.2) is 66.2 Å². The summed E-state index contributed by atoms with van der Waals surface area (Å²) in [5.74, 6) is 0.336. The summed E-state index contributed by atoms with van der Waals surface area (Å²) >= 11 is 0. The summed E-state index contributed by atoms with van der Waals surface area (Å²) in [6.07, 6.45) is 8.95. The molecule has 11 rings (SSSR count). The van der Waals surface area contributed by atoms with E-state index in [-0.39, 0.29) is 60.0 Å². The van der Waals surface area contributed by atoms with E-state index in [1.165, 1.54) is 47.5 Å². The van der Waals surface area contributed by atoms with Gasteiger partial charge in [-0.15, -0.1) is 0 Å². The summed E-state index contributed by atoms with van der Waals surface area (Å²) in [5.41, 5.74) is 17.0. The Balaban J connectivity index is 0.000000155. The van der Waals surface area contributed by atoms with Crippen molar-refractivity contribution in [2.24, 2.45) is 22.3 Å². The van der Waals surface area contributed by atoms with E-state index in [0.717, 1.165) is 76.6 Å². The van der Waals surface area contributed by atoms with Crippen molar-refractivity contribution in [3.63, 3.8) is 0 Å². The van der Waals surface area contributed by atoms with Gasteiger partial charge in [-0.05, 0) is 135 Å². The number of nitrogens with zero attached hydrogens (tertiary/aromatic N) is 2. The van der Waals surface area contributed by atoms with Crippen LogP contribution in [0.4, 0.5) is 26.7 Å². The lowest BCUT2D eigenvalue weighted by Crippen LogP contribution is -2.60. The maximum Gasteiger partial charge on any atom is 0.412 e. The lowest BCUT2D eigenvalue weighted by molar-refractivity contribution is -0.384. The molecule has 5 aromatic rings. The fourth-order valence-corrected chi connectivity index (χ4v) is 10.7. The number of nitro groups is 1. The van der Waals surface area contributed by atoms with E-state index in [2.05, 4.69) is 46.3 Å². The van der Waals surface area contributed by atoms with Gasteiger partial charge in [0.15, 0.2) is 0 Å². The summed E-state index contributed by atoms with van der Waals surface area (Å²) in [6, 6.07) is 36.2. The number of amides is 5. The first-order valence-electron chi connectivity index (χ1n) is 23.1. The Hall–Kier alpha value is -7.62. The lowest BCUT2D eigenvalue weighted by atomic mass is 9.53. The van der Waals surface area contributed by atoms with Gasteiger partial charge in [-0.25, -0.2) is 9.59 Å². The maximum atomic E-state index is 12.7. The smallest absolute Gasteiger partial charge is 0.412 e. The zero-order valence-electron chi connectivity index (χ0n) is 37.6. The third-order valence-corrected chi connectivity index (χ3v) is 14.0. The minimum absolute atomic E-state index is 0. The molecule has 4 saturated carbocycles. The Morgan fingerprint density at radius 3 is 1.70 bits per heavy atom. The van der Waals surface area contributed by atoms with E-state index in [0.29, 0.717) is 22.6 Å². The molecule has 5 aromatic carbocycles. The molecule has 2 heterocycles. The van der Waals surface area contributed by atoms with Crippen LogP contribution >= 0.6 is 0 Å². The molecule has 2 spiro atoms. The fourth-order valence-electron chi connectivity index (χ4n) is 10.7. The van der Waals surface area contributed by atoms with Crippen molar-refractivity contribution in [3.8, 4) is 17.2 Å². The first-order chi connectivity index (χ1) is 32.8. The molecule has 0 atom stereocenters. The molecule has 16 nitrogen and oxygen atoms in total. The highest BCUT2D eigenvalue weighted by Gasteiger charge is 2.55. The molecule has 0 unspecified atom stereocenters. The van der Waals surface area contributed by atoms with Gasteiger partial charge in [0.25, 0.3) is 17.5 Å². The van der Waals surface area contributed by atoms with Crippen molar-refractivity contribution in [2.75, 3.05) is 23.3 Å². The topological polar surface area (TPSA) is 230 Å². The molecule has 69 heavy (non-hydrogen) atoms. The van der Waals surface area contributed by atoms with Crippen LogP contribution < -0.4 is 46.5 Å². The number of ether oxygens (including phenoxy) is 3. The van der Waals surface area contributed by atoms with Crippen LogP contribution in [0, 0.1) is 20.9 Å². The molecule has 7 N–H and O–H groups in total. The Morgan fingerprint density at radius 2 is 1.14 bits per heavy atom. The minimum Gasteiger partial charge on any atom is -0.490 e. The number of nitrogens with two attached hydrogens (primary N) is 2. The molecule has 0 bridgehead atoms. The number of hydrogen-bond donors (Lipinski definition) is 5. The Morgan fingerprint density at radius 1 is 0.638 bits per heavy atom. The molecule has 0 aromatic heterocycles. The Kier molecular flexibility index (Phi) is 14.1. The second-order valence-corrected chi connectivity index (χ2v) is 18.8. The third-order valence-electron chi connectivity index (χ3n) is 14.0. The van der Waals surface area contributed by atoms with E-state index in [4.69, 9.17) is 25.7 Å². The van der Waals surface area contributed by atoms with Crippen molar-refractivity contribution < 1.29 is 38.3 Å². The number of carbonyl (C=O) groups is 4. The number of carbonyl (C=O) groups excluding carboxylic acids is 4. The molecule has 5 amide bonds. The quantitative estimate of drug-likeness (QED) is 0.0660. The van der Waals surface area contributed by atoms with Gasteiger partial charge in [0, 0.05) is 48.7 Å². The first-order valence-corrected chi connectivity index (χ1v) is 23.1. The van der Waals surface area contributed by atoms with Crippen LogP contribution in [0.5, 0.6) is 17.2 Å². The zero-order chi connectivity index (χ0) is 47.4. The summed E-state index contributed by atoms with van der Waals surface area (Å²) in [5, 5.41) is 20.0. The lowest BCUT2D eigenvalue weighted by Gasteiger charge is -2.57. The minimum atomic E-state index is -0.578. The summed E-state index contributed by atoms with van der Waals surface area (Å²) < 4.78 is 17.1. The van der Waals surface area contributed by atoms with E-state index in [9.17, 15) is 29.3 Å². The molecule has 16 heteroatoms. The molecule has 360 valence electrons. The second kappa shape index (κ2) is 20.3. The molecule has 0 saturated heterocycles. The number of urea groups is 1. The maximum absolute atomic E-state index is 12.7. The summed E-state index contributed by atoms with van der Waals surface area (Å²) in [6.45, 7) is 1.86. The molecule has 0 radical (unpaired) electrons. The SMILES string of the molecule is C.NC(=O)c1ccccc1OC1CC2(CC(NC(=O)N3CCc4ccccc43)C2)C1.NC(=O)c1ccccc1OC1CC2(CC(NC(=O)Oc3ccc([N+](=O)[O-])cc3)C2)C1.c1ccc2c(c1)CCN2. The van der Waals surface area contributed by atoms with E-state index >= 15 is 0 Å². The highest BCUT2D eigenvalue weighted by molar-refractivity contribution is 5.96. The van der Waals surface area contributed by atoms with Gasteiger partial charge in [-0.2, -0.15) is 0 Å². The molecule has 4 fully saturated rings. The summed E-state index contributed by atoms with van der Waals surface area (Å²) in [4.78, 5) is 59.7. The number of benzene rings is 5. The van der Waals surface area contributed by atoms with E-state index < -0.39 is 22.8 Å². The normalized spacial score (nSPS) is 23.8. The Bertz CT molecular complexity index is 2660. The number of nitrogens with one attached hydrogen (secondary N) is 3. The number of rotatable bonds is 10. The van der Waals surface area contributed by atoms with Gasteiger partial charge in [-0.1, -0.05) is 68.1 Å². The van der Waals surface area contributed by atoms with Crippen LogP contribution in [0.15, 0.2) is 121 Å². The predicted octanol–water partition coefficient (Wildman–Crippen LogP) is 8.71. The zero-order valence-corrected chi connectivity index (χ0v) is 37.6. The van der Waals surface area contributed by atoms with Gasteiger partial charge >= 0.3 is 12.1 Å². The molecule has 4 aliphatic carbocycles. The molecular weight excluding hydrogens is 879 g/mol. The number of fused-ring (bicyclic) bond motifs is 2. The van der Waals surface area contributed by atoms with E-state index in [1.54, 1.807) is 42.5 Å². The van der Waals surface area contributed by atoms with Crippen LogP contribution in [0.1, 0.15) is 90.6 Å². The van der Waals surface area contributed by atoms with Crippen LogP contribution in [0.3, 0.4) is 0 Å². The number of primary amides is 2. The number of anilines is 2. The van der Waals surface area contributed by atoms with Crippen molar-refractivity contribution in [2.45, 2.75) is 95.9 Å². The third kappa shape index (κ3) is 10.9. The summed E-state index contributed by atoms with van der Waals surface area (Å²) in [7, 11) is 0. The van der Waals surface area contributed by atoms with Crippen LogP contribution in [0.2, 0.25) is 0 Å². The average Bonchev–Trinajstić information content (AvgIpc) is 3.95. The number of para-hydroxylation sites is 4. The Labute approximate surface area is 401 Å². The highest BCUT2D eigenvalue weighted by Crippen LogP contribution is 2.58. The second-order valence-electron chi connectivity index (χ2n) is 18.8. The monoisotopic (exact) mass is 937 g/mol. The average molecular weight is 938 g/mol.